The van der Waals surface area contributed by atoms with Crippen LogP contribution in [0.25, 0.3) is 28.1 Å². The fourth-order valence-electron chi connectivity index (χ4n) is 2.26. The van der Waals surface area contributed by atoms with Crippen LogP contribution < -0.4 is 0 Å². The van der Waals surface area contributed by atoms with Gasteiger partial charge in [0.05, 0.1) is 16.6 Å². The third kappa shape index (κ3) is 1.80. The molecule has 0 atom stereocenters. The minimum atomic E-state index is 0.559. The van der Waals surface area contributed by atoms with Crippen LogP contribution in [0.3, 0.4) is 0 Å². The van der Waals surface area contributed by atoms with E-state index in [9.17, 15) is 0 Å². The minimum Gasteiger partial charge on any atom is -0.281 e. The number of fused-ring (bicyclic) bond motifs is 2. The molecule has 0 saturated heterocycles. The molecule has 1 aromatic carbocycles. The highest BCUT2D eigenvalue weighted by atomic mass is 15.2. The molecule has 0 amide bonds. The predicted molar refractivity (Wildman–Crippen MR) is 76.2 cm³/mol. The van der Waals surface area contributed by atoms with E-state index < -0.39 is 0 Å². The highest BCUT2D eigenvalue weighted by Crippen LogP contribution is 2.22. The van der Waals surface area contributed by atoms with E-state index in [1.165, 1.54) is 0 Å². The van der Waals surface area contributed by atoms with Crippen LogP contribution in [0.2, 0.25) is 0 Å². The molecule has 0 unspecified atom stereocenters. The van der Waals surface area contributed by atoms with Crippen molar-refractivity contribution in [1.82, 2.24) is 24.6 Å². The Labute approximate surface area is 119 Å². The van der Waals surface area contributed by atoms with Gasteiger partial charge < -0.3 is 0 Å². The van der Waals surface area contributed by atoms with E-state index in [-0.39, 0.29) is 0 Å². The van der Waals surface area contributed by atoms with Gasteiger partial charge in [0.15, 0.2) is 11.5 Å². The van der Waals surface area contributed by atoms with E-state index in [2.05, 4.69) is 26.2 Å². The first-order valence-corrected chi connectivity index (χ1v) is 6.31. The normalized spacial score (nSPS) is 10.8. The summed E-state index contributed by atoms with van der Waals surface area (Å²) in [6, 6.07) is 11.3. The standard InChI is InChI=1S/C15H8N6/c16-8-10-1-4-14-19-20-15(21(14)9-10)11-2-3-12-13(7-11)18-6-5-17-12/h1-7,9H. The number of aromatic nitrogens is 5. The molecular formula is C15H8N6. The summed E-state index contributed by atoms with van der Waals surface area (Å²) >= 11 is 0. The number of benzene rings is 1. The van der Waals surface area contributed by atoms with Crippen LogP contribution in [0, 0.1) is 11.3 Å². The average molecular weight is 272 g/mol. The zero-order valence-electron chi connectivity index (χ0n) is 10.8. The molecule has 0 aliphatic rings. The smallest absolute Gasteiger partial charge is 0.168 e. The van der Waals surface area contributed by atoms with Gasteiger partial charge in [-0.2, -0.15) is 5.26 Å². The molecule has 98 valence electrons. The van der Waals surface area contributed by atoms with Gasteiger partial charge in [0.1, 0.15) is 6.07 Å². The van der Waals surface area contributed by atoms with Crippen molar-refractivity contribution in [3.05, 3.63) is 54.5 Å². The third-order valence-corrected chi connectivity index (χ3v) is 3.26. The summed E-state index contributed by atoms with van der Waals surface area (Å²) in [4.78, 5) is 8.54. The summed E-state index contributed by atoms with van der Waals surface area (Å²) in [5, 5.41) is 17.3. The number of hydrogen-bond acceptors (Lipinski definition) is 5. The van der Waals surface area contributed by atoms with Gasteiger partial charge >= 0.3 is 0 Å². The molecule has 3 heterocycles. The van der Waals surface area contributed by atoms with Gasteiger partial charge in [-0.05, 0) is 30.3 Å². The Morgan fingerprint density at radius 1 is 0.952 bits per heavy atom. The number of pyridine rings is 1. The summed E-state index contributed by atoms with van der Waals surface area (Å²) in [5.74, 6) is 0.676. The largest absolute Gasteiger partial charge is 0.281 e. The minimum absolute atomic E-state index is 0.559. The molecule has 0 aliphatic carbocycles. The topological polar surface area (TPSA) is 79.8 Å². The van der Waals surface area contributed by atoms with Crippen LogP contribution in [0.15, 0.2) is 48.9 Å². The lowest BCUT2D eigenvalue weighted by Crippen LogP contribution is -1.91. The molecule has 6 nitrogen and oxygen atoms in total. The van der Waals surface area contributed by atoms with E-state index in [1.807, 2.05) is 18.2 Å². The van der Waals surface area contributed by atoms with Crippen molar-refractivity contribution in [3.8, 4) is 17.5 Å². The molecule has 0 fully saturated rings. The van der Waals surface area contributed by atoms with Gasteiger partial charge in [-0.15, -0.1) is 10.2 Å². The maximum absolute atomic E-state index is 9.01. The maximum Gasteiger partial charge on any atom is 0.168 e. The first-order valence-electron chi connectivity index (χ1n) is 6.31. The molecule has 0 aliphatic heterocycles. The zero-order chi connectivity index (χ0) is 14.2. The van der Waals surface area contributed by atoms with E-state index in [4.69, 9.17) is 5.26 Å². The molecule has 0 N–H and O–H groups in total. The lowest BCUT2D eigenvalue weighted by atomic mass is 10.2. The maximum atomic E-state index is 9.01. The summed E-state index contributed by atoms with van der Waals surface area (Å²) in [6.07, 6.45) is 5.04. The second-order valence-corrected chi connectivity index (χ2v) is 4.54. The van der Waals surface area contributed by atoms with Crippen molar-refractivity contribution >= 4 is 16.7 Å². The van der Waals surface area contributed by atoms with Crippen molar-refractivity contribution in [1.29, 1.82) is 5.26 Å². The van der Waals surface area contributed by atoms with Crippen LogP contribution >= 0.6 is 0 Å². The van der Waals surface area contributed by atoms with E-state index in [0.29, 0.717) is 17.0 Å². The molecule has 6 heteroatoms. The summed E-state index contributed by atoms with van der Waals surface area (Å²) < 4.78 is 1.80. The van der Waals surface area contributed by atoms with Gasteiger partial charge in [-0.25, -0.2) is 0 Å². The average Bonchev–Trinajstić information content (AvgIpc) is 2.97. The predicted octanol–water partition coefficient (Wildman–Crippen LogP) is 2.21. The lowest BCUT2D eigenvalue weighted by molar-refractivity contribution is 1.11. The Hall–Kier alpha value is -3.33. The number of nitriles is 1. The Kier molecular flexibility index (Phi) is 2.38. The van der Waals surface area contributed by atoms with Crippen molar-refractivity contribution in [3.63, 3.8) is 0 Å². The highest BCUT2D eigenvalue weighted by molar-refractivity contribution is 5.79. The zero-order valence-corrected chi connectivity index (χ0v) is 10.8. The van der Waals surface area contributed by atoms with Crippen LogP contribution in [0.4, 0.5) is 0 Å². The second kappa shape index (κ2) is 4.35. The van der Waals surface area contributed by atoms with Crippen LogP contribution in [0.1, 0.15) is 5.56 Å². The lowest BCUT2D eigenvalue weighted by Gasteiger charge is -2.02. The van der Waals surface area contributed by atoms with Crippen molar-refractivity contribution in [2.75, 3.05) is 0 Å². The monoisotopic (exact) mass is 272 g/mol. The van der Waals surface area contributed by atoms with E-state index in [0.717, 1.165) is 16.6 Å². The first-order chi connectivity index (χ1) is 10.3. The Balaban J connectivity index is 1.97. The molecule has 0 radical (unpaired) electrons. The van der Waals surface area contributed by atoms with Gasteiger partial charge in [0, 0.05) is 24.2 Å². The SMILES string of the molecule is N#Cc1ccc2nnc(-c3ccc4nccnc4c3)n2c1. The van der Waals surface area contributed by atoms with Crippen molar-refractivity contribution in [2.24, 2.45) is 0 Å². The molecule has 0 bridgehead atoms. The Morgan fingerprint density at radius 2 is 1.81 bits per heavy atom. The molecule has 3 aromatic heterocycles. The molecule has 4 rings (SSSR count). The summed E-state index contributed by atoms with van der Waals surface area (Å²) in [5.41, 5.74) is 3.76. The van der Waals surface area contributed by atoms with Crippen LogP contribution in [0.5, 0.6) is 0 Å². The highest BCUT2D eigenvalue weighted by Gasteiger charge is 2.09. The van der Waals surface area contributed by atoms with Gasteiger partial charge in [-0.3, -0.25) is 14.4 Å². The molecule has 4 aromatic rings. The third-order valence-electron chi connectivity index (χ3n) is 3.26. The molecule has 0 spiro atoms. The molecular weight excluding hydrogens is 264 g/mol. The quantitative estimate of drug-likeness (QED) is 0.530. The number of rotatable bonds is 1. The fraction of sp³-hybridized carbons (Fsp3) is 0. The van der Waals surface area contributed by atoms with Gasteiger partial charge in [-0.1, -0.05) is 0 Å². The van der Waals surface area contributed by atoms with Crippen LogP contribution in [-0.4, -0.2) is 24.6 Å². The summed E-state index contributed by atoms with van der Waals surface area (Å²) in [7, 11) is 0. The molecule has 21 heavy (non-hydrogen) atoms. The Bertz CT molecular complexity index is 1010. The van der Waals surface area contributed by atoms with Gasteiger partial charge in [0.2, 0.25) is 0 Å². The first kappa shape index (κ1) is 11.5. The number of nitrogens with zero attached hydrogens (tertiary/aromatic N) is 6. The van der Waals surface area contributed by atoms with Crippen molar-refractivity contribution < 1.29 is 0 Å². The Morgan fingerprint density at radius 3 is 2.67 bits per heavy atom. The fourth-order valence-corrected chi connectivity index (χ4v) is 2.26. The van der Waals surface area contributed by atoms with Gasteiger partial charge in [0.25, 0.3) is 0 Å². The van der Waals surface area contributed by atoms with Crippen molar-refractivity contribution in [2.45, 2.75) is 0 Å². The number of hydrogen-bond donors (Lipinski definition) is 0. The second-order valence-electron chi connectivity index (χ2n) is 4.54. The van der Waals surface area contributed by atoms with E-state index in [1.54, 1.807) is 35.1 Å². The van der Waals surface area contributed by atoms with Crippen LogP contribution in [-0.2, 0) is 0 Å². The molecule has 0 saturated carbocycles. The summed E-state index contributed by atoms with van der Waals surface area (Å²) in [6.45, 7) is 0. The van der Waals surface area contributed by atoms with E-state index >= 15 is 0 Å².